The van der Waals surface area contributed by atoms with Gasteiger partial charge in [0.25, 0.3) is 0 Å². The van der Waals surface area contributed by atoms with Gasteiger partial charge in [-0.2, -0.15) is 0 Å². The Hall–Kier alpha value is -1.15. The lowest BCUT2D eigenvalue weighted by Crippen LogP contribution is -2.46. The van der Waals surface area contributed by atoms with E-state index in [9.17, 15) is 4.79 Å². The van der Waals surface area contributed by atoms with E-state index in [0.717, 1.165) is 6.29 Å². The van der Waals surface area contributed by atoms with Crippen molar-refractivity contribution in [3.05, 3.63) is 35.9 Å². The third kappa shape index (κ3) is 5.97. The first-order valence-electron chi connectivity index (χ1n) is 7.00. The Labute approximate surface area is 112 Å². The SMILES string of the molecule is CCC=O.CC[N+](CC)(CC)Cc1ccccc1. The van der Waals surface area contributed by atoms with Gasteiger partial charge in [-0.3, -0.25) is 0 Å². The molecular weight excluding hydrogens is 222 g/mol. The molecule has 0 aliphatic heterocycles. The summed E-state index contributed by atoms with van der Waals surface area (Å²) in [7, 11) is 0. The van der Waals surface area contributed by atoms with Crippen molar-refractivity contribution in [2.75, 3.05) is 19.6 Å². The first-order valence-corrected chi connectivity index (χ1v) is 7.00. The molecule has 0 aliphatic carbocycles. The van der Waals surface area contributed by atoms with E-state index in [1.807, 2.05) is 6.92 Å². The first kappa shape index (κ1) is 16.9. The molecule has 102 valence electrons. The van der Waals surface area contributed by atoms with Crippen molar-refractivity contribution in [3.63, 3.8) is 0 Å². The Morgan fingerprint density at radius 2 is 1.39 bits per heavy atom. The van der Waals surface area contributed by atoms with Crippen molar-refractivity contribution in [2.24, 2.45) is 0 Å². The van der Waals surface area contributed by atoms with Gasteiger partial charge in [0.15, 0.2) is 0 Å². The summed E-state index contributed by atoms with van der Waals surface area (Å²) in [4.78, 5) is 9.17. The molecule has 0 bridgehead atoms. The van der Waals surface area contributed by atoms with Crippen LogP contribution in [0.4, 0.5) is 0 Å². The molecule has 0 N–H and O–H groups in total. The van der Waals surface area contributed by atoms with E-state index in [2.05, 4.69) is 51.1 Å². The Morgan fingerprint density at radius 1 is 0.944 bits per heavy atom. The second-order valence-electron chi connectivity index (χ2n) is 4.51. The molecule has 1 rings (SSSR count). The van der Waals surface area contributed by atoms with Gasteiger partial charge in [0.2, 0.25) is 0 Å². The number of hydrogen-bond donors (Lipinski definition) is 0. The molecule has 2 nitrogen and oxygen atoms in total. The molecule has 1 aromatic rings. The summed E-state index contributed by atoms with van der Waals surface area (Å²) >= 11 is 0. The highest BCUT2D eigenvalue weighted by atomic mass is 16.1. The van der Waals surface area contributed by atoms with Crippen molar-refractivity contribution in [1.29, 1.82) is 0 Å². The number of rotatable bonds is 6. The maximum absolute atomic E-state index is 9.17. The Bertz CT molecular complexity index is 296. The van der Waals surface area contributed by atoms with Crippen LogP contribution in [0.3, 0.4) is 0 Å². The summed E-state index contributed by atoms with van der Waals surface area (Å²) in [6.45, 7) is 13.5. The summed E-state index contributed by atoms with van der Waals surface area (Å²) in [6.07, 6.45) is 1.51. The predicted octanol–water partition coefficient (Wildman–Crippen LogP) is 3.66. The van der Waals surface area contributed by atoms with Crippen molar-refractivity contribution >= 4 is 6.29 Å². The highest BCUT2D eigenvalue weighted by molar-refractivity contribution is 5.48. The highest BCUT2D eigenvalue weighted by Crippen LogP contribution is 2.13. The van der Waals surface area contributed by atoms with Crippen LogP contribution in [0.15, 0.2) is 30.3 Å². The molecule has 0 aromatic heterocycles. The Kier molecular flexibility index (Phi) is 9.21. The van der Waals surface area contributed by atoms with Gasteiger partial charge in [-0.1, -0.05) is 37.3 Å². The molecule has 0 heterocycles. The zero-order chi connectivity index (χ0) is 13.9. The molecule has 0 amide bonds. The molecule has 0 fully saturated rings. The van der Waals surface area contributed by atoms with E-state index in [0.29, 0.717) is 6.42 Å². The van der Waals surface area contributed by atoms with E-state index in [1.165, 1.54) is 36.2 Å². The van der Waals surface area contributed by atoms with Gasteiger partial charge < -0.3 is 9.28 Å². The third-order valence-electron chi connectivity index (χ3n) is 3.54. The van der Waals surface area contributed by atoms with Gasteiger partial charge in [-0.05, 0) is 20.8 Å². The van der Waals surface area contributed by atoms with E-state index in [1.54, 1.807) is 0 Å². The fraction of sp³-hybridized carbons (Fsp3) is 0.562. The summed E-state index contributed by atoms with van der Waals surface area (Å²) in [6, 6.07) is 10.8. The highest BCUT2D eigenvalue weighted by Gasteiger charge is 2.20. The largest absolute Gasteiger partial charge is 0.321 e. The number of quaternary nitrogens is 1. The van der Waals surface area contributed by atoms with Gasteiger partial charge >= 0.3 is 0 Å². The minimum atomic E-state index is 0.639. The Morgan fingerprint density at radius 3 is 1.72 bits per heavy atom. The number of nitrogens with zero attached hydrogens (tertiary/aromatic N) is 1. The van der Waals surface area contributed by atoms with Crippen LogP contribution >= 0.6 is 0 Å². The van der Waals surface area contributed by atoms with Gasteiger partial charge in [0, 0.05) is 12.0 Å². The predicted molar refractivity (Wildman–Crippen MR) is 78.4 cm³/mol. The minimum absolute atomic E-state index is 0.639. The summed E-state index contributed by atoms with van der Waals surface area (Å²) < 4.78 is 1.20. The molecule has 2 heteroatoms. The fourth-order valence-corrected chi connectivity index (χ4v) is 1.98. The van der Waals surface area contributed by atoms with Crippen LogP contribution in [0.1, 0.15) is 39.7 Å². The average Bonchev–Trinajstić information content (AvgIpc) is 2.46. The molecule has 0 saturated heterocycles. The van der Waals surface area contributed by atoms with E-state index in [-0.39, 0.29) is 0 Å². The zero-order valence-electron chi connectivity index (χ0n) is 12.4. The minimum Gasteiger partial charge on any atom is -0.321 e. The van der Waals surface area contributed by atoms with Gasteiger partial charge in [0.05, 0.1) is 19.6 Å². The quantitative estimate of drug-likeness (QED) is 0.556. The number of carbonyl (C=O) groups excluding carboxylic acids is 1. The van der Waals surface area contributed by atoms with E-state index in [4.69, 9.17) is 0 Å². The number of carbonyl (C=O) groups is 1. The lowest BCUT2D eigenvalue weighted by atomic mass is 10.2. The lowest BCUT2D eigenvalue weighted by Gasteiger charge is -2.35. The monoisotopic (exact) mass is 250 g/mol. The number of aldehydes is 1. The average molecular weight is 250 g/mol. The Balaban J connectivity index is 0.000000631. The molecule has 0 radical (unpaired) electrons. The van der Waals surface area contributed by atoms with Crippen LogP contribution in [0.2, 0.25) is 0 Å². The van der Waals surface area contributed by atoms with Crippen molar-refractivity contribution in [2.45, 2.75) is 40.7 Å². The van der Waals surface area contributed by atoms with E-state index < -0.39 is 0 Å². The summed E-state index contributed by atoms with van der Waals surface area (Å²) in [5, 5.41) is 0. The van der Waals surface area contributed by atoms with Crippen LogP contribution < -0.4 is 0 Å². The molecule has 18 heavy (non-hydrogen) atoms. The van der Waals surface area contributed by atoms with Crippen molar-refractivity contribution in [3.8, 4) is 0 Å². The second-order valence-corrected chi connectivity index (χ2v) is 4.51. The number of hydrogen-bond acceptors (Lipinski definition) is 1. The van der Waals surface area contributed by atoms with Gasteiger partial charge in [0.1, 0.15) is 12.8 Å². The van der Waals surface area contributed by atoms with Crippen LogP contribution in [0.25, 0.3) is 0 Å². The molecule has 0 saturated carbocycles. The molecule has 1 aromatic carbocycles. The normalized spacial score (nSPS) is 10.4. The fourth-order valence-electron chi connectivity index (χ4n) is 1.98. The third-order valence-corrected chi connectivity index (χ3v) is 3.54. The topological polar surface area (TPSA) is 17.1 Å². The van der Waals surface area contributed by atoms with Crippen LogP contribution in [0, 0.1) is 0 Å². The lowest BCUT2D eigenvalue weighted by molar-refractivity contribution is -0.936. The van der Waals surface area contributed by atoms with Crippen molar-refractivity contribution < 1.29 is 9.28 Å². The molecular formula is C16H28NO+. The smallest absolute Gasteiger partial charge is 0.119 e. The molecule has 0 unspecified atom stereocenters. The maximum atomic E-state index is 9.17. The molecule has 0 aliphatic rings. The van der Waals surface area contributed by atoms with Crippen LogP contribution in [-0.4, -0.2) is 30.4 Å². The van der Waals surface area contributed by atoms with Gasteiger partial charge in [-0.15, -0.1) is 0 Å². The second kappa shape index (κ2) is 9.84. The summed E-state index contributed by atoms with van der Waals surface area (Å²) in [5.41, 5.74) is 1.46. The summed E-state index contributed by atoms with van der Waals surface area (Å²) in [5.74, 6) is 0. The zero-order valence-corrected chi connectivity index (χ0v) is 12.4. The van der Waals surface area contributed by atoms with Crippen molar-refractivity contribution in [1.82, 2.24) is 0 Å². The first-order chi connectivity index (χ1) is 8.67. The maximum Gasteiger partial charge on any atom is 0.119 e. The molecule has 0 atom stereocenters. The van der Waals surface area contributed by atoms with Crippen LogP contribution in [0.5, 0.6) is 0 Å². The van der Waals surface area contributed by atoms with Crippen LogP contribution in [-0.2, 0) is 11.3 Å². The van der Waals surface area contributed by atoms with E-state index >= 15 is 0 Å². The molecule has 0 spiro atoms. The standard InChI is InChI=1S/C13H22N.C3H6O/c1-4-14(5-2,6-3)12-13-10-8-7-9-11-13;1-2-3-4/h7-11H,4-6,12H2,1-3H3;3H,2H2,1H3/q+1;. The number of benzene rings is 1. The van der Waals surface area contributed by atoms with Gasteiger partial charge in [-0.25, -0.2) is 0 Å².